The summed E-state index contributed by atoms with van der Waals surface area (Å²) in [6, 6.07) is 8.29. The topological polar surface area (TPSA) is 35.3 Å². The van der Waals surface area contributed by atoms with Gasteiger partial charge >= 0.3 is 0 Å². The van der Waals surface area contributed by atoms with E-state index in [4.69, 9.17) is 14.1 Å². The molecule has 2 aliphatic rings. The number of fused-ring (bicyclic) bond motifs is 1. The van der Waals surface area contributed by atoms with Crippen molar-refractivity contribution in [2.45, 2.75) is 59.0 Å². The van der Waals surface area contributed by atoms with Crippen molar-refractivity contribution < 1.29 is 9.15 Å². The molecule has 3 nitrogen and oxygen atoms in total. The van der Waals surface area contributed by atoms with Crippen molar-refractivity contribution in [3.63, 3.8) is 0 Å². The van der Waals surface area contributed by atoms with Crippen molar-refractivity contribution in [3.8, 4) is 11.5 Å². The number of hydrogen-bond donors (Lipinski definition) is 0. The first kappa shape index (κ1) is 18.2. The van der Waals surface area contributed by atoms with Crippen LogP contribution in [-0.4, -0.2) is 17.7 Å². The average Bonchev–Trinajstić information content (AvgIpc) is 3.25. The Balaban J connectivity index is 1.34. The van der Waals surface area contributed by atoms with Gasteiger partial charge in [-0.1, -0.05) is 36.8 Å². The Hall–Kier alpha value is -2.13. The molecule has 27 heavy (non-hydrogen) atoms. The van der Waals surface area contributed by atoms with Crippen LogP contribution in [0.1, 0.15) is 49.6 Å². The molecule has 0 spiro atoms. The van der Waals surface area contributed by atoms with Gasteiger partial charge in [0.1, 0.15) is 5.76 Å². The van der Waals surface area contributed by atoms with Gasteiger partial charge in [-0.25, -0.2) is 4.98 Å². The fourth-order valence-electron chi connectivity index (χ4n) is 4.23. The normalized spacial score (nSPS) is 21.7. The van der Waals surface area contributed by atoms with E-state index in [0.29, 0.717) is 12.5 Å². The van der Waals surface area contributed by atoms with Gasteiger partial charge in [-0.3, -0.25) is 0 Å². The Bertz CT molecular complexity index is 857. The number of hydrogen-bond acceptors (Lipinski definition) is 3. The first-order chi connectivity index (χ1) is 13.1. The highest BCUT2D eigenvalue weighted by Crippen LogP contribution is 2.40. The van der Waals surface area contributed by atoms with Gasteiger partial charge in [0.05, 0.1) is 18.4 Å². The van der Waals surface area contributed by atoms with E-state index < -0.39 is 0 Å². The van der Waals surface area contributed by atoms with Gasteiger partial charge in [-0.05, 0) is 68.7 Å². The quantitative estimate of drug-likeness (QED) is 0.635. The molecule has 0 aliphatic heterocycles. The minimum atomic E-state index is 0.211. The fraction of sp³-hybridized carbons (Fsp3) is 0.458. The van der Waals surface area contributed by atoms with Crippen LogP contribution in [-0.2, 0) is 11.2 Å². The van der Waals surface area contributed by atoms with Crippen molar-refractivity contribution in [2.75, 3.05) is 6.61 Å². The minimum absolute atomic E-state index is 0.211. The Morgan fingerprint density at radius 1 is 1.19 bits per heavy atom. The second-order valence-corrected chi connectivity index (χ2v) is 7.78. The molecule has 2 unspecified atom stereocenters. The van der Waals surface area contributed by atoms with Crippen molar-refractivity contribution >= 4 is 0 Å². The lowest BCUT2D eigenvalue weighted by molar-refractivity contribution is 0.0875. The van der Waals surface area contributed by atoms with Gasteiger partial charge in [-0.2, -0.15) is 0 Å². The van der Waals surface area contributed by atoms with Crippen LogP contribution in [0.2, 0.25) is 0 Å². The number of oxazole rings is 1. The zero-order chi connectivity index (χ0) is 18.8. The molecule has 0 N–H and O–H groups in total. The molecule has 1 aromatic carbocycles. The van der Waals surface area contributed by atoms with Gasteiger partial charge in [0.15, 0.2) is 0 Å². The lowest BCUT2D eigenvalue weighted by Crippen LogP contribution is -2.16. The summed E-state index contributed by atoms with van der Waals surface area (Å²) in [7, 11) is 0. The summed E-state index contributed by atoms with van der Waals surface area (Å²) < 4.78 is 12.0. The van der Waals surface area contributed by atoms with Crippen LogP contribution < -0.4 is 0 Å². The van der Waals surface area contributed by atoms with E-state index in [2.05, 4.69) is 50.3 Å². The first-order valence-electron chi connectivity index (χ1n) is 10.2. The zero-order valence-corrected chi connectivity index (χ0v) is 16.6. The van der Waals surface area contributed by atoms with Gasteiger partial charge in [0.2, 0.25) is 5.89 Å². The smallest absolute Gasteiger partial charge is 0.226 e. The van der Waals surface area contributed by atoms with Crippen molar-refractivity contribution in [1.29, 1.82) is 0 Å². The van der Waals surface area contributed by atoms with Crippen LogP contribution in [0.15, 0.2) is 52.0 Å². The summed E-state index contributed by atoms with van der Waals surface area (Å²) in [4.78, 5) is 4.69. The van der Waals surface area contributed by atoms with E-state index in [1.165, 1.54) is 30.4 Å². The number of allylic oxidation sites excluding steroid dienone is 2. The third-order valence-corrected chi connectivity index (χ3v) is 5.88. The predicted molar refractivity (Wildman–Crippen MR) is 109 cm³/mol. The third kappa shape index (κ3) is 3.93. The third-order valence-electron chi connectivity index (χ3n) is 5.88. The molecule has 1 aromatic heterocycles. The molecule has 2 aromatic rings. The molecular weight excluding hydrogens is 334 g/mol. The van der Waals surface area contributed by atoms with E-state index in [0.717, 1.165) is 35.8 Å². The molecule has 0 radical (unpaired) electrons. The van der Waals surface area contributed by atoms with Crippen LogP contribution >= 0.6 is 0 Å². The fourth-order valence-corrected chi connectivity index (χ4v) is 4.23. The molecule has 1 heterocycles. The van der Waals surface area contributed by atoms with E-state index in [1.54, 1.807) is 5.57 Å². The molecule has 0 amide bonds. The molecule has 2 aliphatic carbocycles. The summed E-state index contributed by atoms with van der Waals surface area (Å²) in [5, 5.41) is 0. The van der Waals surface area contributed by atoms with Gasteiger partial charge in [-0.15, -0.1) is 0 Å². The number of benzene rings is 1. The zero-order valence-electron chi connectivity index (χ0n) is 16.6. The molecule has 3 heteroatoms. The minimum Gasteiger partial charge on any atom is -0.441 e. The molecule has 142 valence electrons. The highest BCUT2D eigenvalue weighted by molar-refractivity contribution is 5.54. The molecular formula is C24H29NO2. The maximum Gasteiger partial charge on any atom is 0.226 e. The first-order valence-corrected chi connectivity index (χ1v) is 10.2. The van der Waals surface area contributed by atoms with Crippen LogP contribution in [0.3, 0.4) is 0 Å². The van der Waals surface area contributed by atoms with E-state index in [1.807, 2.05) is 6.92 Å². The van der Waals surface area contributed by atoms with E-state index in [-0.39, 0.29) is 6.10 Å². The molecule has 0 bridgehead atoms. The lowest BCUT2D eigenvalue weighted by atomic mass is 9.92. The summed E-state index contributed by atoms with van der Waals surface area (Å²) in [5.74, 6) is 2.36. The SMILES string of the molecule is CCC1CCC2=CC(OCCc3nc(-c4ccc(C)cc4)oc3C)CC=C21. The average molecular weight is 364 g/mol. The lowest BCUT2D eigenvalue weighted by Gasteiger charge is -2.20. The number of ether oxygens (including phenoxy) is 1. The van der Waals surface area contributed by atoms with Gasteiger partial charge < -0.3 is 9.15 Å². The summed E-state index contributed by atoms with van der Waals surface area (Å²) in [5.41, 5.74) is 6.38. The highest BCUT2D eigenvalue weighted by atomic mass is 16.5. The van der Waals surface area contributed by atoms with Crippen LogP contribution in [0.4, 0.5) is 0 Å². The Morgan fingerprint density at radius 3 is 2.78 bits per heavy atom. The Kier molecular flexibility index (Phi) is 5.31. The number of nitrogens with zero attached hydrogens (tertiary/aromatic N) is 1. The highest BCUT2D eigenvalue weighted by Gasteiger charge is 2.27. The molecule has 4 rings (SSSR count). The molecule has 1 fully saturated rings. The number of aromatic nitrogens is 1. The van der Waals surface area contributed by atoms with Crippen LogP contribution in [0.25, 0.3) is 11.5 Å². The Morgan fingerprint density at radius 2 is 2.00 bits per heavy atom. The summed E-state index contributed by atoms with van der Waals surface area (Å²) in [6.45, 7) is 7.04. The standard InChI is InChI=1S/C24H29NO2/c1-4-18-9-10-20-15-21(11-12-22(18)20)26-14-13-23-17(3)27-24(25-23)19-7-5-16(2)6-8-19/h5-8,12,15,18,21H,4,9-11,13-14H2,1-3H3. The maximum absolute atomic E-state index is 6.15. The van der Waals surface area contributed by atoms with E-state index in [9.17, 15) is 0 Å². The van der Waals surface area contributed by atoms with Gasteiger partial charge in [0.25, 0.3) is 0 Å². The molecule has 2 atom stereocenters. The van der Waals surface area contributed by atoms with Crippen LogP contribution in [0, 0.1) is 19.8 Å². The summed E-state index contributed by atoms with van der Waals surface area (Å²) in [6.07, 6.45) is 10.5. The largest absolute Gasteiger partial charge is 0.441 e. The second-order valence-electron chi connectivity index (χ2n) is 7.78. The summed E-state index contributed by atoms with van der Waals surface area (Å²) >= 11 is 0. The van der Waals surface area contributed by atoms with Crippen molar-refractivity contribution in [3.05, 3.63) is 64.6 Å². The van der Waals surface area contributed by atoms with E-state index >= 15 is 0 Å². The number of aryl methyl sites for hydroxylation is 2. The van der Waals surface area contributed by atoms with Crippen molar-refractivity contribution in [2.24, 2.45) is 5.92 Å². The van der Waals surface area contributed by atoms with Crippen molar-refractivity contribution in [1.82, 2.24) is 4.98 Å². The number of rotatable bonds is 6. The maximum atomic E-state index is 6.15. The predicted octanol–water partition coefficient (Wildman–Crippen LogP) is 5.96. The van der Waals surface area contributed by atoms with Crippen LogP contribution in [0.5, 0.6) is 0 Å². The Labute approximate surface area is 162 Å². The molecule has 0 saturated heterocycles. The molecule has 1 saturated carbocycles. The second kappa shape index (κ2) is 7.85. The van der Waals surface area contributed by atoms with Gasteiger partial charge in [0, 0.05) is 12.0 Å². The monoisotopic (exact) mass is 363 g/mol.